The molecule has 0 spiro atoms. The SMILES string of the molecule is O=C(NC1CC1)c1cc2n(n1)CCN(C(=O)c1cccc3c1NCCC3)C2. The molecule has 0 saturated heterocycles. The highest BCUT2D eigenvalue weighted by atomic mass is 16.2. The number of aryl methyl sites for hydroxylation is 1. The van der Waals surface area contributed by atoms with Crippen LogP contribution in [0.1, 0.15) is 51.4 Å². The lowest BCUT2D eigenvalue weighted by Crippen LogP contribution is -2.39. The minimum absolute atomic E-state index is 0.0395. The molecule has 27 heavy (non-hydrogen) atoms. The molecular weight excluding hydrogens is 342 g/mol. The van der Waals surface area contributed by atoms with Gasteiger partial charge in [-0.3, -0.25) is 14.3 Å². The third-order valence-electron chi connectivity index (χ3n) is 5.54. The molecule has 1 aliphatic carbocycles. The van der Waals surface area contributed by atoms with Gasteiger partial charge in [-0.25, -0.2) is 0 Å². The summed E-state index contributed by atoms with van der Waals surface area (Å²) in [4.78, 5) is 27.2. The summed E-state index contributed by atoms with van der Waals surface area (Å²) >= 11 is 0. The number of para-hydroxylation sites is 1. The average Bonchev–Trinajstić information content (AvgIpc) is 3.41. The van der Waals surface area contributed by atoms with E-state index in [0.717, 1.165) is 49.2 Å². The number of nitrogens with zero attached hydrogens (tertiary/aromatic N) is 3. The molecule has 7 heteroatoms. The predicted octanol–water partition coefficient (Wildman–Crippen LogP) is 1.79. The Morgan fingerprint density at radius 3 is 2.96 bits per heavy atom. The van der Waals surface area contributed by atoms with E-state index in [1.54, 1.807) is 0 Å². The molecule has 1 saturated carbocycles. The summed E-state index contributed by atoms with van der Waals surface area (Å²) in [5.41, 5.74) is 4.30. The lowest BCUT2D eigenvalue weighted by atomic mass is 9.98. The fourth-order valence-corrected chi connectivity index (χ4v) is 3.90. The molecule has 2 aliphatic heterocycles. The van der Waals surface area contributed by atoms with Gasteiger partial charge in [0.25, 0.3) is 11.8 Å². The van der Waals surface area contributed by atoms with Crippen LogP contribution in [0.3, 0.4) is 0 Å². The van der Waals surface area contributed by atoms with Crippen molar-refractivity contribution in [1.29, 1.82) is 0 Å². The van der Waals surface area contributed by atoms with E-state index in [1.807, 2.05) is 27.8 Å². The van der Waals surface area contributed by atoms with Gasteiger partial charge < -0.3 is 15.5 Å². The highest BCUT2D eigenvalue weighted by Crippen LogP contribution is 2.28. The molecule has 2 N–H and O–H groups in total. The van der Waals surface area contributed by atoms with Gasteiger partial charge in [-0.2, -0.15) is 5.10 Å². The van der Waals surface area contributed by atoms with Crippen molar-refractivity contribution in [2.24, 2.45) is 0 Å². The molecule has 5 rings (SSSR count). The Bertz CT molecular complexity index is 915. The van der Waals surface area contributed by atoms with Crippen LogP contribution in [0.25, 0.3) is 0 Å². The zero-order valence-corrected chi connectivity index (χ0v) is 15.2. The fraction of sp³-hybridized carbons (Fsp3) is 0.450. The molecule has 140 valence electrons. The number of carbonyl (C=O) groups is 2. The van der Waals surface area contributed by atoms with Gasteiger partial charge >= 0.3 is 0 Å². The van der Waals surface area contributed by atoms with Crippen molar-refractivity contribution in [2.45, 2.75) is 44.8 Å². The molecule has 0 atom stereocenters. The fourth-order valence-electron chi connectivity index (χ4n) is 3.90. The molecule has 0 unspecified atom stereocenters. The molecule has 0 radical (unpaired) electrons. The van der Waals surface area contributed by atoms with Crippen molar-refractivity contribution in [1.82, 2.24) is 20.0 Å². The summed E-state index contributed by atoms with van der Waals surface area (Å²) in [7, 11) is 0. The van der Waals surface area contributed by atoms with E-state index >= 15 is 0 Å². The van der Waals surface area contributed by atoms with Crippen molar-refractivity contribution >= 4 is 17.5 Å². The van der Waals surface area contributed by atoms with Gasteiger partial charge in [0.15, 0.2) is 5.69 Å². The molecule has 7 nitrogen and oxygen atoms in total. The van der Waals surface area contributed by atoms with E-state index in [-0.39, 0.29) is 11.8 Å². The molecule has 1 aromatic heterocycles. The van der Waals surface area contributed by atoms with Crippen LogP contribution >= 0.6 is 0 Å². The molecular formula is C20H23N5O2. The van der Waals surface area contributed by atoms with Crippen molar-refractivity contribution in [2.75, 3.05) is 18.4 Å². The van der Waals surface area contributed by atoms with Crippen molar-refractivity contribution in [3.8, 4) is 0 Å². The first-order chi connectivity index (χ1) is 13.2. The van der Waals surface area contributed by atoms with Crippen LogP contribution in [-0.4, -0.2) is 45.6 Å². The second-order valence-corrected chi connectivity index (χ2v) is 7.59. The Balaban J connectivity index is 1.35. The second kappa shape index (κ2) is 6.40. The minimum Gasteiger partial charge on any atom is -0.384 e. The topological polar surface area (TPSA) is 79.3 Å². The number of hydrogen-bond acceptors (Lipinski definition) is 4. The van der Waals surface area contributed by atoms with Crippen LogP contribution in [-0.2, 0) is 19.5 Å². The number of anilines is 1. The summed E-state index contributed by atoms with van der Waals surface area (Å²) in [6, 6.07) is 8.09. The zero-order valence-electron chi connectivity index (χ0n) is 15.2. The third kappa shape index (κ3) is 3.07. The van der Waals surface area contributed by atoms with Gasteiger partial charge in [-0.15, -0.1) is 0 Å². The summed E-state index contributed by atoms with van der Waals surface area (Å²) < 4.78 is 1.85. The van der Waals surface area contributed by atoms with Gasteiger partial charge in [0.1, 0.15) is 0 Å². The zero-order chi connectivity index (χ0) is 18.4. The Hall–Kier alpha value is -2.83. The van der Waals surface area contributed by atoms with Gasteiger partial charge in [0.2, 0.25) is 0 Å². The molecule has 0 bridgehead atoms. The number of fused-ring (bicyclic) bond motifs is 2. The Kier molecular flexibility index (Phi) is 3.88. The number of carbonyl (C=O) groups excluding carboxylic acids is 2. The summed E-state index contributed by atoms with van der Waals surface area (Å²) in [6.07, 6.45) is 4.21. The normalized spacial score (nSPS) is 18.3. The number of benzene rings is 1. The number of amides is 2. The van der Waals surface area contributed by atoms with E-state index in [2.05, 4.69) is 21.8 Å². The van der Waals surface area contributed by atoms with Crippen molar-refractivity contribution in [3.63, 3.8) is 0 Å². The lowest BCUT2D eigenvalue weighted by Gasteiger charge is -2.29. The standard InChI is InChI=1S/C20H23N5O2/c26-19(22-14-6-7-14)17-11-15-12-24(9-10-25(15)23-17)20(27)16-5-1-3-13-4-2-8-21-18(13)16/h1,3,5,11,14,21H,2,4,6-10,12H2,(H,22,26). The Morgan fingerprint density at radius 2 is 2.11 bits per heavy atom. The maximum Gasteiger partial charge on any atom is 0.272 e. The van der Waals surface area contributed by atoms with E-state index in [1.165, 1.54) is 5.56 Å². The van der Waals surface area contributed by atoms with E-state index in [9.17, 15) is 9.59 Å². The number of hydrogen-bond donors (Lipinski definition) is 2. The highest BCUT2D eigenvalue weighted by Gasteiger charge is 2.29. The molecule has 3 heterocycles. The van der Waals surface area contributed by atoms with Crippen LogP contribution in [0.2, 0.25) is 0 Å². The first kappa shape index (κ1) is 16.4. The van der Waals surface area contributed by atoms with Gasteiger partial charge in [-0.1, -0.05) is 12.1 Å². The number of rotatable bonds is 3. The van der Waals surface area contributed by atoms with Crippen LogP contribution < -0.4 is 10.6 Å². The van der Waals surface area contributed by atoms with Crippen LogP contribution in [0.4, 0.5) is 5.69 Å². The second-order valence-electron chi connectivity index (χ2n) is 7.59. The molecule has 2 aromatic rings. The van der Waals surface area contributed by atoms with E-state index in [4.69, 9.17) is 0 Å². The first-order valence-corrected chi connectivity index (χ1v) is 9.71. The predicted molar refractivity (Wildman–Crippen MR) is 101 cm³/mol. The largest absolute Gasteiger partial charge is 0.384 e. The molecule has 1 fully saturated rings. The maximum absolute atomic E-state index is 13.2. The van der Waals surface area contributed by atoms with Crippen LogP contribution in [0, 0.1) is 0 Å². The quantitative estimate of drug-likeness (QED) is 0.869. The number of nitrogens with one attached hydrogen (secondary N) is 2. The average molecular weight is 365 g/mol. The number of aromatic nitrogens is 2. The Labute approximate surface area is 157 Å². The smallest absolute Gasteiger partial charge is 0.272 e. The lowest BCUT2D eigenvalue weighted by molar-refractivity contribution is 0.0706. The maximum atomic E-state index is 13.2. The molecule has 1 aromatic carbocycles. The van der Waals surface area contributed by atoms with Crippen molar-refractivity contribution in [3.05, 3.63) is 46.8 Å². The first-order valence-electron chi connectivity index (χ1n) is 9.71. The van der Waals surface area contributed by atoms with Gasteiger partial charge in [0.05, 0.1) is 30.0 Å². The highest BCUT2D eigenvalue weighted by molar-refractivity contribution is 6.00. The summed E-state index contributed by atoms with van der Waals surface area (Å²) in [5.74, 6) is -0.0729. The summed E-state index contributed by atoms with van der Waals surface area (Å²) in [6.45, 7) is 2.59. The third-order valence-corrected chi connectivity index (χ3v) is 5.54. The van der Waals surface area contributed by atoms with E-state index in [0.29, 0.717) is 31.4 Å². The van der Waals surface area contributed by atoms with Gasteiger partial charge in [-0.05, 0) is 43.4 Å². The van der Waals surface area contributed by atoms with E-state index < -0.39 is 0 Å². The minimum atomic E-state index is -0.112. The van der Waals surface area contributed by atoms with Crippen LogP contribution in [0.5, 0.6) is 0 Å². The van der Waals surface area contributed by atoms with Crippen molar-refractivity contribution < 1.29 is 9.59 Å². The molecule has 3 aliphatic rings. The Morgan fingerprint density at radius 1 is 1.22 bits per heavy atom. The monoisotopic (exact) mass is 365 g/mol. The van der Waals surface area contributed by atoms with Gasteiger partial charge in [0, 0.05) is 19.1 Å². The summed E-state index contributed by atoms with van der Waals surface area (Å²) in [5, 5.41) is 10.8. The molecule has 2 amide bonds. The van der Waals surface area contributed by atoms with Crippen LogP contribution in [0.15, 0.2) is 24.3 Å².